The van der Waals surface area contributed by atoms with Gasteiger partial charge in [-0.3, -0.25) is 0 Å². The van der Waals surface area contributed by atoms with E-state index in [1.807, 2.05) is 24.3 Å². The molecule has 1 aromatic carbocycles. The molecule has 1 fully saturated rings. The van der Waals surface area contributed by atoms with Gasteiger partial charge < -0.3 is 19.9 Å². The van der Waals surface area contributed by atoms with Crippen molar-refractivity contribution in [1.29, 1.82) is 0 Å². The maximum Gasteiger partial charge on any atom is 0.231 e. The number of fused-ring (bicyclic) bond motifs is 1. The van der Waals surface area contributed by atoms with Crippen LogP contribution in [0.2, 0.25) is 0 Å². The molecule has 3 aromatic rings. The molecule has 0 amide bonds. The quantitative estimate of drug-likeness (QED) is 0.725. The molecule has 7 nitrogen and oxygen atoms in total. The molecule has 26 heavy (non-hydrogen) atoms. The van der Waals surface area contributed by atoms with E-state index in [0.717, 1.165) is 22.8 Å². The lowest BCUT2D eigenvalue weighted by atomic mass is 9.94. The lowest BCUT2D eigenvalue weighted by Crippen LogP contribution is -2.34. The van der Waals surface area contributed by atoms with Gasteiger partial charge in [-0.25, -0.2) is 4.98 Å². The van der Waals surface area contributed by atoms with Crippen molar-refractivity contribution in [3.8, 4) is 5.75 Å². The summed E-state index contributed by atoms with van der Waals surface area (Å²) in [7, 11) is 3.78. The van der Waals surface area contributed by atoms with E-state index in [9.17, 15) is 0 Å². The Labute approximate surface area is 152 Å². The molecule has 2 N–H and O–H groups in total. The van der Waals surface area contributed by atoms with E-state index in [1.165, 1.54) is 32.1 Å². The van der Waals surface area contributed by atoms with Crippen molar-refractivity contribution in [3.63, 3.8) is 0 Å². The van der Waals surface area contributed by atoms with Crippen molar-refractivity contribution >= 4 is 28.6 Å². The number of aromatic nitrogens is 4. The van der Waals surface area contributed by atoms with Gasteiger partial charge in [-0.15, -0.1) is 0 Å². The number of imidazole rings is 1. The van der Waals surface area contributed by atoms with Crippen molar-refractivity contribution in [2.75, 3.05) is 24.4 Å². The van der Waals surface area contributed by atoms with Crippen LogP contribution >= 0.6 is 0 Å². The molecule has 0 atom stereocenters. The molecule has 1 aliphatic rings. The topological polar surface area (TPSA) is 79.0 Å². The van der Waals surface area contributed by atoms with Gasteiger partial charge in [0, 0.05) is 18.8 Å². The fourth-order valence-corrected chi connectivity index (χ4v) is 3.57. The first-order chi connectivity index (χ1) is 12.7. The summed E-state index contributed by atoms with van der Waals surface area (Å²) >= 11 is 0. The van der Waals surface area contributed by atoms with E-state index in [1.54, 1.807) is 13.4 Å². The van der Waals surface area contributed by atoms with Gasteiger partial charge in [0.1, 0.15) is 11.3 Å². The monoisotopic (exact) mass is 352 g/mol. The first-order valence-corrected chi connectivity index (χ1v) is 9.09. The predicted molar refractivity (Wildman–Crippen MR) is 103 cm³/mol. The number of nitrogens with one attached hydrogen (secondary N) is 2. The standard InChI is InChI=1S/C19H24N6O/c1-25(14-6-4-3-5-7-14)18-16-17(21-12-20-16)23-19(24-18)22-13-8-10-15(26-2)11-9-13/h8-12,14H,3-7H2,1-2H3,(H2,20,21,22,23,24). The van der Waals surface area contributed by atoms with Gasteiger partial charge in [0.25, 0.3) is 0 Å². The molecule has 0 radical (unpaired) electrons. The molecule has 2 aromatic heterocycles. The number of ether oxygens (including phenoxy) is 1. The number of anilines is 3. The number of hydrogen-bond donors (Lipinski definition) is 2. The Morgan fingerprint density at radius 2 is 1.88 bits per heavy atom. The van der Waals surface area contributed by atoms with Crippen LogP contribution in [0.5, 0.6) is 5.75 Å². The summed E-state index contributed by atoms with van der Waals surface area (Å²) in [5.41, 5.74) is 2.47. The molecule has 4 rings (SSSR count). The molecule has 136 valence electrons. The fourth-order valence-electron chi connectivity index (χ4n) is 3.57. The SMILES string of the molecule is COc1ccc(Nc2nc(N(C)C3CCCCC3)c3[nH]cnc3n2)cc1. The average Bonchev–Trinajstić information content (AvgIpc) is 3.16. The molecule has 1 aliphatic carbocycles. The molecule has 7 heteroatoms. The summed E-state index contributed by atoms with van der Waals surface area (Å²) in [5, 5.41) is 3.28. The Balaban J connectivity index is 1.65. The van der Waals surface area contributed by atoms with Gasteiger partial charge >= 0.3 is 0 Å². The Kier molecular flexibility index (Phi) is 4.60. The van der Waals surface area contributed by atoms with Gasteiger partial charge in [0.05, 0.1) is 13.4 Å². The van der Waals surface area contributed by atoms with Crippen LogP contribution in [0.3, 0.4) is 0 Å². The molecular formula is C19H24N6O. The third kappa shape index (κ3) is 3.29. The van der Waals surface area contributed by atoms with E-state index in [0.29, 0.717) is 17.6 Å². The predicted octanol–water partition coefficient (Wildman–Crippen LogP) is 3.87. The third-order valence-corrected chi connectivity index (χ3v) is 5.07. The Morgan fingerprint density at radius 3 is 2.62 bits per heavy atom. The summed E-state index contributed by atoms with van der Waals surface area (Å²) in [4.78, 5) is 19.1. The molecule has 1 saturated carbocycles. The minimum atomic E-state index is 0.513. The van der Waals surface area contributed by atoms with Crippen LogP contribution in [0, 0.1) is 0 Å². The smallest absolute Gasteiger partial charge is 0.231 e. The minimum absolute atomic E-state index is 0.513. The van der Waals surface area contributed by atoms with Gasteiger partial charge in [-0.2, -0.15) is 9.97 Å². The van der Waals surface area contributed by atoms with Gasteiger partial charge in [0.2, 0.25) is 5.95 Å². The second kappa shape index (κ2) is 7.19. The lowest BCUT2D eigenvalue weighted by molar-refractivity contribution is 0.415. The Hall–Kier alpha value is -2.83. The molecule has 0 saturated heterocycles. The number of nitrogens with zero attached hydrogens (tertiary/aromatic N) is 4. The first-order valence-electron chi connectivity index (χ1n) is 9.09. The molecule has 0 spiro atoms. The number of aromatic amines is 1. The van der Waals surface area contributed by atoms with Crippen molar-refractivity contribution in [2.45, 2.75) is 38.1 Å². The Morgan fingerprint density at radius 1 is 1.12 bits per heavy atom. The number of benzene rings is 1. The highest BCUT2D eigenvalue weighted by atomic mass is 16.5. The molecule has 0 unspecified atom stereocenters. The largest absolute Gasteiger partial charge is 0.497 e. The highest BCUT2D eigenvalue weighted by Gasteiger charge is 2.22. The highest BCUT2D eigenvalue weighted by Crippen LogP contribution is 2.29. The highest BCUT2D eigenvalue weighted by molar-refractivity contribution is 5.84. The lowest BCUT2D eigenvalue weighted by Gasteiger charge is -2.32. The van der Waals surface area contributed by atoms with Crippen LogP contribution in [0.25, 0.3) is 11.2 Å². The summed E-state index contributed by atoms with van der Waals surface area (Å²) in [5.74, 6) is 2.26. The van der Waals surface area contributed by atoms with E-state index in [4.69, 9.17) is 9.72 Å². The van der Waals surface area contributed by atoms with E-state index < -0.39 is 0 Å². The normalized spacial score (nSPS) is 15.2. The molecule has 0 aliphatic heterocycles. The van der Waals surface area contributed by atoms with Gasteiger partial charge in [0.15, 0.2) is 11.5 Å². The fraction of sp³-hybridized carbons (Fsp3) is 0.421. The average molecular weight is 352 g/mol. The molecule has 2 heterocycles. The Bertz CT molecular complexity index is 869. The number of hydrogen-bond acceptors (Lipinski definition) is 6. The van der Waals surface area contributed by atoms with E-state index in [-0.39, 0.29) is 0 Å². The minimum Gasteiger partial charge on any atom is -0.497 e. The summed E-state index contributed by atoms with van der Waals surface area (Å²) < 4.78 is 5.20. The van der Waals surface area contributed by atoms with Gasteiger partial charge in [-0.05, 0) is 37.1 Å². The van der Waals surface area contributed by atoms with Crippen molar-refractivity contribution in [3.05, 3.63) is 30.6 Å². The second-order valence-electron chi connectivity index (χ2n) is 6.73. The number of methoxy groups -OCH3 is 1. The zero-order valence-electron chi connectivity index (χ0n) is 15.2. The summed E-state index contributed by atoms with van der Waals surface area (Å²) in [6, 6.07) is 8.22. The summed E-state index contributed by atoms with van der Waals surface area (Å²) in [6.45, 7) is 0. The maximum atomic E-state index is 5.20. The van der Waals surface area contributed by atoms with Crippen molar-refractivity contribution in [1.82, 2.24) is 19.9 Å². The van der Waals surface area contributed by atoms with Gasteiger partial charge in [-0.1, -0.05) is 19.3 Å². The number of rotatable bonds is 5. The van der Waals surface area contributed by atoms with Crippen LogP contribution in [0.15, 0.2) is 30.6 Å². The molecule has 0 bridgehead atoms. The first kappa shape index (κ1) is 16.6. The molecular weight excluding hydrogens is 328 g/mol. The van der Waals surface area contributed by atoms with Crippen molar-refractivity contribution < 1.29 is 4.74 Å². The van der Waals surface area contributed by atoms with Crippen LogP contribution < -0.4 is 15.0 Å². The van der Waals surface area contributed by atoms with Crippen LogP contribution in [-0.4, -0.2) is 40.1 Å². The van der Waals surface area contributed by atoms with E-state index >= 15 is 0 Å². The van der Waals surface area contributed by atoms with Crippen LogP contribution in [0.1, 0.15) is 32.1 Å². The number of H-pyrrole nitrogens is 1. The zero-order chi connectivity index (χ0) is 17.9. The zero-order valence-corrected chi connectivity index (χ0v) is 15.2. The van der Waals surface area contributed by atoms with E-state index in [2.05, 4.69) is 32.2 Å². The van der Waals surface area contributed by atoms with Crippen LogP contribution in [0.4, 0.5) is 17.5 Å². The van der Waals surface area contributed by atoms with Crippen molar-refractivity contribution in [2.24, 2.45) is 0 Å². The summed E-state index contributed by atoms with van der Waals surface area (Å²) in [6.07, 6.45) is 7.98. The maximum absolute atomic E-state index is 5.20. The third-order valence-electron chi connectivity index (χ3n) is 5.07. The second-order valence-corrected chi connectivity index (χ2v) is 6.73. The van der Waals surface area contributed by atoms with Crippen LogP contribution in [-0.2, 0) is 0 Å².